The van der Waals surface area contributed by atoms with Crippen molar-refractivity contribution in [2.45, 2.75) is 32.1 Å². The predicted molar refractivity (Wildman–Crippen MR) is 104 cm³/mol. The number of pyridine rings is 2. The maximum absolute atomic E-state index is 13.1. The van der Waals surface area contributed by atoms with Crippen LogP contribution in [-0.4, -0.2) is 20.2 Å². The van der Waals surface area contributed by atoms with E-state index in [-0.39, 0.29) is 11.7 Å². The molecular weight excluding hydrogens is 371 g/mol. The van der Waals surface area contributed by atoms with Gasteiger partial charge in [0.15, 0.2) is 5.78 Å². The van der Waals surface area contributed by atoms with Crippen LogP contribution in [0.2, 0.25) is 10.0 Å². The zero-order valence-corrected chi connectivity index (χ0v) is 15.6. The first-order valence-corrected chi connectivity index (χ1v) is 9.48. The number of hydrogen-bond acceptors (Lipinski definition) is 4. The molecule has 0 radical (unpaired) electrons. The Bertz CT molecular complexity index is 946. The molecule has 0 unspecified atom stereocenters. The van der Waals surface area contributed by atoms with Gasteiger partial charge < -0.3 is 5.32 Å². The molecule has 0 saturated heterocycles. The van der Waals surface area contributed by atoms with Gasteiger partial charge in [0.1, 0.15) is 23.0 Å². The second-order valence-corrected chi connectivity index (χ2v) is 7.44. The molecule has 0 atom stereocenters. The average molecular weight is 389 g/mol. The van der Waals surface area contributed by atoms with Crippen LogP contribution < -0.4 is 5.32 Å². The summed E-state index contributed by atoms with van der Waals surface area (Å²) in [7, 11) is 0. The molecule has 134 valence electrons. The van der Waals surface area contributed by atoms with Crippen molar-refractivity contribution < 1.29 is 4.79 Å². The fraction of sp³-hybridized carbons (Fsp3) is 0.316. The van der Waals surface area contributed by atoms with Crippen molar-refractivity contribution >= 4 is 46.3 Å². The van der Waals surface area contributed by atoms with E-state index in [9.17, 15) is 4.79 Å². The summed E-state index contributed by atoms with van der Waals surface area (Å²) in [5, 5.41) is 4.34. The fourth-order valence-electron chi connectivity index (χ4n) is 3.44. The Morgan fingerprint density at radius 3 is 2.58 bits per heavy atom. The molecule has 7 heteroatoms. The molecular formula is C19H18Cl2N4O. The van der Waals surface area contributed by atoms with Crippen molar-refractivity contribution in [3.8, 4) is 0 Å². The first-order valence-electron chi connectivity index (χ1n) is 8.72. The summed E-state index contributed by atoms with van der Waals surface area (Å²) in [5.74, 6) is 1.30. The Labute approximate surface area is 161 Å². The highest BCUT2D eigenvalue weighted by Crippen LogP contribution is 2.31. The van der Waals surface area contributed by atoms with Crippen LogP contribution in [0.1, 0.15) is 42.6 Å². The maximum Gasteiger partial charge on any atom is 0.188 e. The van der Waals surface area contributed by atoms with Crippen LogP contribution in [0.3, 0.4) is 0 Å². The number of fused-ring (bicyclic) bond motifs is 1. The molecule has 0 amide bonds. The minimum Gasteiger partial charge on any atom is -0.324 e. The first-order chi connectivity index (χ1) is 12.6. The highest BCUT2D eigenvalue weighted by molar-refractivity contribution is 6.30. The Morgan fingerprint density at radius 1 is 1.08 bits per heavy atom. The van der Waals surface area contributed by atoms with Crippen LogP contribution in [0.4, 0.5) is 11.6 Å². The summed E-state index contributed by atoms with van der Waals surface area (Å²) in [6.45, 7) is 0. The summed E-state index contributed by atoms with van der Waals surface area (Å²) < 4.78 is 1.80. The fourth-order valence-corrected chi connectivity index (χ4v) is 3.71. The van der Waals surface area contributed by atoms with Gasteiger partial charge in [0, 0.05) is 18.3 Å². The third-order valence-corrected chi connectivity index (χ3v) is 5.21. The molecule has 1 aliphatic carbocycles. The summed E-state index contributed by atoms with van der Waals surface area (Å²) in [6.07, 6.45) is 8.54. The van der Waals surface area contributed by atoms with Crippen molar-refractivity contribution in [3.05, 3.63) is 52.4 Å². The molecule has 4 rings (SSSR count). The van der Waals surface area contributed by atoms with E-state index in [1.807, 2.05) is 0 Å². The number of nitrogens with one attached hydrogen (secondary N) is 1. The molecule has 0 spiro atoms. The largest absolute Gasteiger partial charge is 0.324 e. The SMILES string of the molecule is O=C(c1nc2ccc(Cl)cn2c1Nc1ccc(Cl)cn1)C1CCCCC1. The number of rotatable bonds is 4. The summed E-state index contributed by atoms with van der Waals surface area (Å²) in [6, 6.07) is 7.08. The normalized spacial score (nSPS) is 15.3. The Balaban J connectivity index is 1.78. The number of anilines is 2. The zero-order chi connectivity index (χ0) is 18.1. The van der Waals surface area contributed by atoms with Gasteiger partial charge in [-0.15, -0.1) is 0 Å². The molecule has 0 aliphatic heterocycles. The molecule has 1 aliphatic rings. The third kappa shape index (κ3) is 3.41. The smallest absolute Gasteiger partial charge is 0.188 e. The van der Waals surface area contributed by atoms with Gasteiger partial charge in [-0.3, -0.25) is 9.20 Å². The molecule has 1 fully saturated rings. The molecule has 0 aromatic carbocycles. The van der Waals surface area contributed by atoms with Gasteiger partial charge in [0.25, 0.3) is 0 Å². The van der Waals surface area contributed by atoms with Crippen LogP contribution >= 0.6 is 23.2 Å². The topological polar surface area (TPSA) is 59.3 Å². The van der Waals surface area contributed by atoms with Gasteiger partial charge in [-0.1, -0.05) is 42.5 Å². The van der Waals surface area contributed by atoms with Crippen molar-refractivity contribution in [2.24, 2.45) is 5.92 Å². The van der Waals surface area contributed by atoms with E-state index in [2.05, 4.69) is 15.3 Å². The average Bonchev–Trinajstić information content (AvgIpc) is 3.01. The number of ketones is 1. The number of hydrogen-bond donors (Lipinski definition) is 1. The molecule has 5 nitrogen and oxygen atoms in total. The van der Waals surface area contributed by atoms with E-state index in [1.165, 1.54) is 6.42 Å². The number of carbonyl (C=O) groups is 1. The highest BCUT2D eigenvalue weighted by Gasteiger charge is 2.28. The van der Waals surface area contributed by atoms with Crippen molar-refractivity contribution in [3.63, 3.8) is 0 Å². The monoisotopic (exact) mass is 388 g/mol. The van der Waals surface area contributed by atoms with Crippen molar-refractivity contribution in [2.75, 3.05) is 5.32 Å². The molecule has 3 heterocycles. The lowest BCUT2D eigenvalue weighted by atomic mass is 9.85. The Hall–Kier alpha value is -2.11. The van der Waals surface area contributed by atoms with Crippen molar-refractivity contribution in [1.82, 2.24) is 14.4 Å². The van der Waals surface area contributed by atoms with Crippen LogP contribution in [0.5, 0.6) is 0 Å². The Morgan fingerprint density at radius 2 is 1.85 bits per heavy atom. The predicted octanol–water partition coefficient (Wildman–Crippen LogP) is 5.54. The molecule has 0 bridgehead atoms. The van der Waals surface area contributed by atoms with Crippen LogP contribution in [0.15, 0.2) is 36.7 Å². The lowest BCUT2D eigenvalue weighted by Gasteiger charge is -2.20. The Kier molecular flexibility index (Phi) is 4.83. The van der Waals surface area contributed by atoms with Gasteiger partial charge >= 0.3 is 0 Å². The van der Waals surface area contributed by atoms with Gasteiger partial charge in [-0.05, 0) is 37.1 Å². The first kappa shape index (κ1) is 17.3. The zero-order valence-electron chi connectivity index (χ0n) is 14.1. The highest BCUT2D eigenvalue weighted by atomic mass is 35.5. The van der Waals surface area contributed by atoms with E-state index >= 15 is 0 Å². The number of Topliss-reactive ketones (excluding diaryl/α,β-unsaturated/α-hetero) is 1. The van der Waals surface area contributed by atoms with Crippen LogP contribution in [0, 0.1) is 5.92 Å². The molecule has 3 aromatic rings. The lowest BCUT2D eigenvalue weighted by molar-refractivity contribution is 0.0886. The minimum absolute atomic E-state index is 0.0304. The number of imidazole rings is 1. The molecule has 1 N–H and O–H groups in total. The van der Waals surface area contributed by atoms with Gasteiger partial charge in [-0.25, -0.2) is 9.97 Å². The van der Waals surface area contributed by atoms with Crippen LogP contribution in [-0.2, 0) is 0 Å². The summed E-state index contributed by atoms with van der Waals surface area (Å²) >= 11 is 12.1. The second kappa shape index (κ2) is 7.25. The van der Waals surface area contributed by atoms with E-state index in [1.54, 1.807) is 41.1 Å². The number of carbonyl (C=O) groups excluding carboxylic acids is 1. The standard InChI is InChI=1S/C19H18Cl2N4O/c20-13-6-8-15(22-10-13)23-19-17(18(26)12-4-2-1-3-5-12)24-16-9-7-14(21)11-25(16)19/h6-12H,1-5H2,(H,22,23). The van der Waals surface area contributed by atoms with Gasteiger partial charge in [0.2, 0.25) is 0 Å². The summed E-state index contributed by atoms with van der Waals surface area (Å²) in [5.41, 5.74) is 1.11. The molecule has 3 aromatic heterocycles. The summed E-state index contributed by atoms with van der Waals surface area (Å²) in [4.78, 5) is 22.0. The van der Waals surface area contributed by atoms with E-state index in [4.69, 9.17) is 23.2 Å². The number of aromatic nitrogens is 3. The minimum atomic E-state index is 0.0304. The lowest BCUT2D eigenvalue weighted by Crippen LogP contribution is -2.19. The number of nitrogens with zero attached hydrogens (tertiary/aromatic N) is 3. The third-order valence-electron chi connectivity index (χ3n) is 4.77. The van der Waals surface area contributed by atoms with E-state index < -0.39 is 0 Å². The second-order valence-electron chi connectivity index (χ2n) is 6.57. The van der Waals surface area contributed by atoms with E-state index in [0.29, 0.717) is 33.0 Å². The van der Waals surface area contributed by atoms with Crippen molar-refractivity contribution in [1.29, 1.82) is 0 Å². The molecule has 1 saturated carbocycles. The van der Waals surface area contributed by atoms with Gasteiger partial charge in [-0.2, -0.15) is 0 Å². The van der Waals surface area contributed by atoms with E-state index in [0.717, 1.165) is 25.7 Å². The van der Waals surface area contributed by atoms with Crippen LogP contribution in [0.25, 0.3) is 5.65 Å². The number of halogens is 2. The quantitative estimate of drug-likeness (QED) is 0.595. The maximum atomic E-state index is 13.1. The van der Waals surface area contributed by atoms with Gasteiger partial charge in [0.05, 0.1) is 10.0 Å². The molecule has 26 heavy (non-hydrogen) atoms.